The molecule has 0 fully saturated rings. The van der Waals surface area contributed by atoms with Crippen molar-refractivity contribution >= 4 is 51.9 Å². The number of rotatable bonds is 5. The van der Waals surface area contributed by atoms with Gasteiger partial charge >= 0.3 is 0 Å². The van der Waals surface area contributed by atoms with Crippen LogP contribution in [0.25, 0.3) is 0 Å². The fraction of sp³-hybridized carbons (Fsp3) is 0.286. The highest BCUT2D eigenvalue weighted by Gasteiger charge is 2.39. The molecule has 226 valence electrons. The largest absolute Gasteiger partial charge is 0.310 e. The van der Waals surface area contributed by atoms with E-state index >= 15 is 0 Å². The zero-order valence-electron chi connectivity index (χ0n) is 28.0. The second-order valence-electron chi connectivity index (χ2n) is 14.4. The summed E-state index contributed by atoms with van der Waals surface area (Å²) in [7, 11) is 0. The predicted molar refractivity (Wildman–Crippen MR) is 197 cm³/mol. The highest BCUT2D eigenvalue weighted by molar-refractivity contribution is 8.00. The maximum Gasteiger partial charge on any atom is 0.244 e. The zero-order chi connectivity index (χ0) is 31.6. The summed E-state index contributed by atoms with van der Waals surface area (Å²) in [6.45, 7) is 19.0. The fourth-order valence-corrected chi connectivity index (χ4v) is 8.86. The van der Waals surface area contributed by atoms with Gasteiger partial charge in [-0.1, -0.05) is 156 Å². The van der Waals surface area contributed by atoms with Gasteiger partial charge in [0.2, 0.25) is 6.71 Å². The summed E-state index contributed by atoms with van der Waals surface area (Å²) in [6, 6.07) is 39.3. The van der Waals surface area contributed by atoms with E-state index in [9.17, 15) is 0 Å². The SMILES string of the molecule is CC(C)c1cc(C(C)C)c(B2c3ccccc3Sc3cc(N4c5ccccc5C(C)(C)c5ccccc54)ccc32)c(C(C)C)c1. The Morgan fingerprint density at radius 1 is 0.578 bits per heavy atom. The topological polar surface area (TPSA) is 3.24 Å². The average molecular weight is 606 g/mol. The van der Waals surface area contributed by atoms with Crippen molar-refractivity contribution in [3.05, 3.63) is 131 Å². The molecule has 1 nitrogen and oxygen atoms in total. The first kappa shape index (κ1) is 30.0. The van der Waals surface area contributed by atoms with E-state index in [0.717, 1.165) is 0 Å². The second kappa shape index (κ2) is 11.3. The van der Waals surface area contributed by atoms with Gasteiger partial charge in [-0.05, 0) is 75.9 Å². The van der Waals surface area contributed by atoms with Crippen LogP contribution >= 0.6 is 11.8 Å². The summed E-state index contributed by atoms with van der Waals surface area (Å²) in [5.41, 5.74) is 15.2. The minimum Gasteiger partial charge on any atom is -0.310 e. The Morgan fingerprint density at radius 2 is 1.11 bits per heavy atom. The molecular weight excluding hydrogens is 561 g/mol. The molecule has 0 radical (unpaired) electrons. The van der Waals surface area contributed by atoms with E-state index in [4.69, 9.17) is 0 Å². The Hall–Kier alpha value is -3.69. The molecule has 7 rings (SSSR count). The number of nitrogens with zero attached hydrogens (tertiary/aromatic N) is 1. The van der Waals surface area contributed by atoms with Gasteiger partial charge < -0.3 is 4.90 Å². The standard InChI is InChI=1S/C42H44BNS/c1-26(2)29-23-31(27(3)4)41(32(24-29)28(5)6)43-35-17-11-14-20-39(35)45-40-25-30(21-22-36(40)43)44-37-18-12-9-15-33(37)42(7,8)34-16-10-13-19-38(34)44/h9-28H,1-8H3. The molecular formula is C42H44BNS. The van der Waals surface area contributed by atoms with Crippen LogP contribution in [0.3, 0.4) is 0 Å². The van der Waals surface area contributed by atoms with Crippen molar-refractivity contribution in [3.63, 3.8) is 0 Å². The lowest BCUT2D eigenvalue weighted by Gasteiger charge is -2.42. The van der Waals surface area contributed by atoms with Crippen LogP contribution in [-0.4, -0.2) is 6.71 Å². The normalized spacial score (nSPS) is 14.8. The minimum absolute atomic E-state index is 0.0701. The monoisotopic (exact) mass is 605 g/mol. The second-order valence-corrected chi connectivity index (χ2v) is 15.5. The summed E-state index contributed by atoms with van der Waals surface area (Å²) >= 11 is 1.93. The van der Waals surface area contributed by atoms with Gasteiger partial charge in [0.1, 0.15) is 0 Å². The number of anilines is 3. The lowest BCUT2D eigenvalue weighted by atomic mass is 9.34. The maximum absolute atomic E-state index is 2.51. The average Bonchev–Trinajstić information content (AvgIpc) is 3.03. The fourth-order valence-electron chi connectivity index (χ4n) is 7.69. The van der Waals surface area contributed by atoms with E-state index in [1.807, 2.05) is 11.8 Å². The van der Waals surface area contributed by atoms with Gasteiger partial charge in [0.15, 0.2) is 0 Å². The van der Waals surface area contributed by atoms with E-state index in [0.29, 0.717) is 17.8 Å². The number of benzene rings is 5. The lowest BCUT2D eigenvalue weighted by Crippen LogP contribution is -2.57. The van der Waals surface area contributed by atoms with Crippen molar-refractivity contribution in [2.45, 2.75) is 88.3 Å². The summed E-state index contributed by atoms with van der Waals surface area (Å²) in [4.78, 5) is 5.21. The van der Waals surface area contributed by atoms with E-state index in [-0.39, 0.29) is 12.1 Å². The van der Waals surface area contributed by atoms with Gasteiger partial charge in [0.05, 0.1) is 11.4 Å². The Balaban J connectivity index is 1.46. The molecule has 5 aromatic rings. The summed E-state index contributed by atoms with van der Waals surface area (Å²) in [6.07, 6.45) is 0. The molecule has 2 aliphatic heterocycles. The molecule has 3 heteroatoms. The van der Waals surface area contributed by atoms with Crippen LogP contribution in [0.5, 0.6) is 0 Å². The third kappa shape index (κ3) is 4.86. The van der Waals surface area contributed by atoms with Crippen LogP contribution in [0.15, 0.2) is 113 Å². The molecule has 0 bridgehead atoms. The number of hydrogen-bond acceptors (Lipinski definition) is 2. The summed E-state index contributed by atoms with van der Waals surface area (Å²) < 4.78 is 0. The Morgan fingerprint density at radius 3 is 1.69 bits per heavy atom. The van der Waals surface area contributed by atoms with Gasteiger partial charge in [-0.3, -0.25) is 0 Å². The third-order valence-corrected chi connectivity index (χ3v) is 11.3. The van der Waals surface area contributed by atoms with E-state index in [2.05, 4.69) is 163 Å². The van der Waals surface area contributed by atoms with Gasteiger partial charge in [0.25, 0.3) is 0 Å². The van der Waals surface area contributed by atoms with Crippen LogP contribution in [0, 0.1) is 0 Å². The van der Waals surface area contributed by atoms with Crippen LogP contribution in [-0.2, 0) is 5.41 Å². The summed E-state index contributed by atoms with van der Waals surface area (Å²) in [5, 5.41) is 0. The Bertz CT molecular complexity index is 1840. The van der Waals surface area contributed by atoms with Crippen molar-refractivity contribution in [1.82, 2.24) is 0 Å². The number of fused-ring (bicyclic) bond motifs is 4. The molecule has 0 amide bonds. The molecule has 0 spiro atoms. The Kier molecular flexibility index (Phi) is 7.52. The molecule has 0 unspecified atom stereocenters. The van der Waals surface area contributed by atoms with Crippen molar-refractivity contribution < 1.29 is 0 Å². The first-order valence-electron chi connectivity index (χ1n) is 16.7. The molecule has 0 atom stereocenters. The molecule has 0 saturated carbocycles. The molecule has 0 aromatic heterocycles. The zero-order valence-corrected chi connectivity index (χ0v) is 28.8. The third-order valence-electron chi connectivity index (χ3n) is 10.1. The smallest absolute Gasteiger partial charge is 0.244 e. The molecule has 0 aliphatic carbocycles. The molecule has 45 heavy (non-hydrogen) atoms. The van der Waals surface area contributed by atoms with Gasteiger partial charge in [-0.2, -0.15) is 0 Å². The number of hydrogen-bond donors (Lipinski definition) is 0. The van der Waals surface area contributed by atoms with Crippen molar-refractivity contribution in [2.24, 2.45) is 0 Å². The number of para-hydroxylation sites is 2. The molecule has 0 saturated heterocycles. The molecule has 2 heterocycles. The summed E-state index contributed by atoms with van der Waals surface area (Å²) in [5.74, 6) is 1.37. The highest BCUT2D eigenvalue weighted by Crippen LogP contribution is 2.52. The van der Waals surface area contributed by atoms with E-state index in [1.165, 1.54) is 71.1 Å². The molecule has 0 N–H and O–H groups in total. The minimum atomic E-state index is -0.0701. The predicted octanol–water partition coefficient (Wildman–Crippen LogP) is 10.1. The van der Waals surface area contributed by atoms with E-state index < -0.39 is 0 Å². The lowest BCUT2D eigenvalue weighted by molar-refractivity contribution is 0.632. The van der Waals surface area contributed by atoms with Crippen molar-refractivity contribution in [3.8, 4) is 0 Å². The first-order chi connectivity index (χ1) is 21.6. The van der Waals surface area contributed by atoms with Crippen molar-refractivity contribution in [1.29, 1.82) is 0 Å². The van der Waals surface area contributed by atoms with E-state index in [1.54, 1.807) is 0 Å². The molecule has 2 aliphatic rings. The molecule has 5 aromatic carbocycles. The Labute approximate surface area is 275 Å². The van der Waals surface area contributed by atoms with Crippen LogP contribution in [0.2, 0.25) is 0 Å². The van der Waals surface area contributed by atoms with Gasteiger partial charge in [0, 0.05) is 20.9 Å². The van der Waals surface area contributed by atoms with Crippen LogP contribution in [0.1, 0.15) is 101 Å². The van der Waals surface area contributed by atoms with Crippen LogP contribution in [0.4, 0.5) is 17.1 Å². The van der Waals surface area contributed by atoms with Gasteiger partial charge in [-0.25, -0.2) is 0 Å². The van der Waals surface area contributed by atoms with Crippen LogP contribution < -0.4 is 21.3 Å². The highest BCUT2D eigenvalue weighted by atomic mass is 32.2. The first-order valence-corrected chi connectivity index (χ1v) is 17.5. The quantitative estimate of drug-likeness (QED) is 0.180. The van der Waals surface area contributed by atoms with Crippen molar-refractivity contribution in [2.75, 3.05) is 4.90 Å². The maximum atomic E-state index is 2.51. The van der Waals surface area contributed by atoms with Gasteiger partial charge in [-0.15, -0.1) is 0 Å².